The molecule has 0 saturated heterocycles. The van der Waals surface area contributed by atoms with E-state index in [0.717, 1.165) is 50.0 Å². The summed E-state index contributed by atoms with van der Waals surface area (Å²) in [4.78, 5) is 18.5. The van der Waals surface area contributed by atoms with Gasteiger partial charge < -0.3 is 19.5 Å². The molecule has 0 aromatic heterocycles. The largest absolute Gasteiger partial charge is 0.493 e. The van der Waals surface area contributed by atoms with Gasteiger partial charge in [-0.3, -0.25) is 21.0 Å². The highest BCUT2D eigenvalue weighted by Gasteiger charge is 2.22. The highest BCUT2D eigenvalue weighted by molar-refractivity contribution is 5.75. The fourth-order valence-corrected chi connectivity index (χ4v) is 6.55. The minimum atomic E-state index is 0.570. The molecule has 3 aromatic rings. The molecule has 0 spiro atoms. The van der Waals surface area contributed by atoms with E-state index in [9.17, 15) is 0 Å². The van der Waals surface area contributed by atoms with Crippen LogP contribution in [0.1, 0.15) is 108 Å². The summed E-state index contributed by atoms with van der Waals surface area (Å²) in [5, 5.41) is 31.0. The molecule has 0 aliphatic heterocycles. The van der Waals surface area contributed by atoms with Crippen molar-refractivity contribution in [1.82, 2.24) is 0 Å². The number of hydrogen-bond acceptors (Lipinski definition) is 9. The predicted octanol–water partition coefficient (Wildman–Crippen LogP) is 11.5. The lowest BCUT2D eigenvalue weighted by molar-refractivity contribution is -0.178. The van der Waals surface area contributed by atoms with Gasteiger partial charge in [0.1, 0.15) is 12.5 Å². The Hall–Kier alpha value is -3.83. The minimum Gasteiger partial charge on any atom is -0.493 e. The lowest BCUT2D eigenvalue weighted by Gasteiger charge is -2.29. The monoisotopic (exact) mass is 724 g/mol. The van der Waals surface area contributed by atoms with Crippen molar-refractivity contribution in [3.8, 4) is 33.8 Å². The number of carbonyl (C=O) groups is 1. The van der Waals surface area contributed by atoms with Gasteiger partial charge in [-0.05, 0) is 109 Å². The molecule has 52 heavy (non-hydrogen) atoms. The molecule has 5 N–H and O–H groups in total. The predicted molar refractivity (Wildman–Crippen MR) is 212 cm³/mol. The maximum atomic E-state index is 8.00. The fraction of sp³-hybridized carbons (Fsp3) is 0.465. The van der Waals surface area contributed by atoms with E-state index in [4.69, 9.17) is 45.4 Å². The molecule has 1 aliphatic rings. The second-order valence-corrected chi connectivity index (χ2v) is 12.8. The van der Waals surface area contributed by atoms with Gasteiger partial charge >= 0.3 is 0 Å². The fourth-order valence-electron chi connectivity index (χ4n) is 6.55. The summed E-state index contributed by atoms with van der Waals surface area (Å²) < 4.78 is 6.17. The van der Waals surface area contributed by atoms with Gasteiger partial charge in [-0.15, -0.1) is 6.58 Å². The quantitative estimate of drug-likeness (QED) is 0.0397. The smallest absolute Gasteiger partial charge is 0.169 e. The summed E-state index contributed by atoms with van der Waals surface area (Å²) in [7, 11) is 2.52. The average Bonchev–Trinajstić information content (AvgIpc) is 3.20. The first kappa shape index (κ1) is 48.2. The first-order chi connectivity index (χ1) is 25.4. The van der Waals surface area contributed by atoms with Crippen molar-refractivity contribution in [1.29, 1.82) is 0 Å². The maximum absolute atomic E-state index is 8.00. The van der Waals surface area contributed by atoms with Gasteiger partial charge in [-0.2, -0.15) is 4.89 Å². The standard InChI is InChI=1S/C41H54O3.CH4O.CH2O.2H2O2/c1-7-9-10-11-32-14-16-34(17-15-32)35-18-20-36(21-19-35)37-22-23-41(33(8-2)26-37)38-27-39(29-40(28-38)44-42-6)43-25-24-31(5)13-12-30(3)4;4*1-2/h18-23,26-29,32,34H,3,5,7-17,24-25H2,1-2,4,6H3;2H,1H3;1H2;2*1-2H. The van der Waals surface area contributed by atoms with Gasteiger partial charge in [0.2, 0.25) is 0 Å². The molecule has 9 nitrogen and oxygen atoms in total. The van der Waals surface area contributed by atoms with Crippen molar-refractivity contribution in [2.45, 2.75) is 104 Å². The van der Waals surface area contributed by atoms with Crippen LogP contribution in [0.5, 0.6) is 11.5 Å². The Bertz CT molecular complexity index is 1380. The third-order valence-corrected chi connectivity index (χ3v) is 9.26. The molecule has 290 valence electrons. The number of aliphatic hydroxyl groups excluding tert-OH is 1. The molecule has 0 bridgehead atoms. The molecule has 0 heterocycles. The van der Waals surface area contributed by atoms with Crippen molar-refractivity contribution >= 4 is 6.79 Å². The van der Waals surface area contributed by atoms with Crippen LogP contribution in [0.3, 0.4) is 0 Å². The van der Waals surface area contributed by atoms with Gasteiger partial charge in [0.15, 0.2) is 5.75 Å². The van der Waals surface area contributed by atoms with Crippen LogP contribution in [-0.4, -0.2) is 53.8 Å². The van der Waals surface area contributed by atoms with E-state index in [0.29, 0.717) is 18.3 Å². The average molecular weight is 725 g/mol. The summed E-state index contributed by atoms with van der Waals surface area (Å²) in [5.41, 5.74) is 9.93. The molecule has 0 atom stereocenters. The van der Waals surface area contributed by atoms with Crippen molar-refractivity contribution in [3.05, 3.63) is 96.1 Å². The molecule has 0 amide bonds. The Kier molecular flexibility index (Phi) is 27.5. The zero-order valence-electron chi connectivity index (χ0n) is 32.1. The third-order valence-electron chi connectivity index (χ3n) is 9.26. The van der Waals surface area contributed by atoms with Gasteiger partial charge in [0.05, 0.1) is 13.7 Å². The Balaban J connectivity index is 0.00000304. The van der Waals surface area contributed by atoms with Crippen molar-refractivity contribution in [2.24, 2.45) is 5.92 Å². The van der Waals surface area contributed by atoms with Crippen LogP contribution >= 0.6 is 0 Å². The molecule has 3 aromatic carbocycles. The van der Waals surface area contributed by atoms with E-state index in [1.165, 1.54) is 97.4 Å². The topological polar surface area (TPSA) is 146 Å². The number of unbranched alkanes of at least 4 members (excludes halogenated alkanes) is 2. The first-order valence-corrected chi connectivity index (χ1v) is 18.1. The maximum Gasteiger partial charge on any atom is 0.169 e. The van der Waals surface area contributed by atoms with Gasteiger partial charge in [0.25, 0.3) is 0 Å². The molecule has 1 fully saturated rings. The van der Waals surface area contributed by atoms with Gasteiger partial charge in [-0.25, -0.2) is 0 Å². The van der Waals surface area contributed by atoms with Crippen molar-refractivity contribution in [3.63, 3.8) is 0 Å². The molecule has 0 radical (unpaired) electrons. The van der Waals surface area contributed by atoms with E-state index < -0.39 is 0 Å². The SMILES string of the molecule is C=C(C)CCC(=C)CCOc1cc(OOC)cc(-c2ccc(-c3ccc(C4CCC(CCCCC)CC4)cc3)cc2CC)c1.C=O.CO.OO.OO. The number of rotatable bonds is 17. The van der Waals surface area contributed by atoms with Crippen LogP contribution in [0.2, 0.25) is 0 Å². The lowest BCUT2D eigenvalue weighted by Crippen LogP contribution is -2.13. The van der Waals surface area contributed by atoms with Crippen LogP contribution in [0, 0.1) is 5.92 Å². The Labute approximate surface area is 312 Å². The molecule has 4 rings (SSSR count). The summed E-state index contributed by atoms with van der Waals surface area (Å²) in [6.07, 6.45) is 14.7. The molecule has 1 aliphatic carbocycles. The normalized spacial score (nSPS) is 14.3. The van der Waals surface area contributed by atoms with Crippen molar-refractivity contribution < 1.29 is 45.4 Å². The summed E-state index contributed by atoms with van der Waals surface area (Å²) in [6, 6.07) is 22.2. The summed E-state index contributed by atoms with van der Waals surface area (Å²) in [6.45, 7) is 17.3. The number of benzene rings is 3. The van der Waals surface area contributed by atoms with Crippen LogP contribution in [0.15, 0.2) is 85.0 Å². The Morgan fingerprint density at radius 3 is 1.94 bits per heavy atom. The Morgan fingerprint density at radius 2 is 1.37 bits per heavy atom. The molecular formula is C43H64O9. The number of aryl methyl sites for hydroxylation is 1. The molecule has 1 saturated carbocycles. The second kappa shape index (κ2) is 29.7. The number of carbonyl (C=O) groups excluding carboxylic acids is 1. The van der Waals surface area contributed by atoms with Gasteiger partial charge in [-0.1, -0.05) is 99.7 Å². The highest BCUT2D eigenvalue weighted by atomic mass is 17.2. The number of aliphatic hydroxyl groups is 1. The highest BCUT2D eigenvalue weighted by Crippen LogP contribution is 2.39. The van der Waals surface area contributed by atoms with E-state index in [-0.39, 0.29) is 0 Å². The van der Waals surface area contributed by atoms with E-state index in [2.05, 4.69) is 82.5 Å². The van der Waals surface area contributed by atoms with Crippen molar-refractivity contribution in [2.75, 3.05) is 20.8 Å². The second-order valence-electron chi connectivity index (χ2n) is 12.8. The minimum absolute atomic E-state index is 0.570. The number of allylic oxidation sites excluding steroid dienone is 1. The van der Waals surface area contributed by atoms with Crippen LogP contribution in [0.4, 0.5) is 0 Å². The van der Waals surface area contributed by atoms with E-state index >= 15 is 0 Å². The molecular weight excluding hydrogens is 660 g/mol. The Morgan fingerprint density at radius 1 is 0.750 bits per heavy atom. The zero-order chi connectivity index (χ0) is 39.3. The summed E-state index contributed by atoms with van der Waals surface area (Å²) >= 11 is 0. The zero-order valence-corrected chi connectivity index (χ0v) is 32.1. The van der Waals surface area contributed by atoms with Gasteiger partial charge in [0, 0.05) is 19.6 Å². The van der Waals surface area contributed by atoms with Crippen LogP contribution in [0.25, 0.3) is 22.3 Å². The first-order valence-electron chi connectivity index (χ1n) is 18.1. The number of hydrogen-bond donors (Lipinski definition) is 5. The van der Waals surface area contributed by atoms with E-state index in [1.807, 2.05) is 18.9 Å². The lowest BCUT2D eigenvalue weighted by atomic mass is 9.77. The summed E-state index contributed by atoms with van der Waals surface area (Å²) in [5.74, 6) is 3.05. The van der Waals surface area contributed by atoms with Crippen LogP contribution in [-0.2, 0) is 16.1 Å². The number of ether oxygens (including phenoxy) is 1. The molecule has 0 unspecified atom stereocenters. The molecule has 9 heteroatoms. The van der Waals surface area contributed by atoms with Crippen LogP contribution < -0.4 is 9.62 Å². The van der Waals surface area contributed by atoms with E-state index in [1.54, 1.807) is 0 Å². The third kappa shape index (κ3) is 17.1.